The number of halogens is 2. The van der Waals surface area contributed by atoms with Gasteiger partial charge in [0.1, 0.15) is 6.61 Å². The summed E-state index contributed by atoms with van der Waals surface area (Å²) in [6.45, 7) is -0.150. The summed E-state index contributed by atoms with van der Waals surface area (Å²) in [6.07, 6.45) is 0. The molecule has 3 nitrogen and oxygen atoms in total. The standard InChI is InChI=1S/C14H10F2O3/c15-11-6-3-7-12(13(11)16)19-8-9-4-1-2-5-10(9)14(17)18/h1-7H,8H2,(H,17,18). The summed E-state index contributed by atoms with van der Waals surface area (Å²) in [7, 11) is 0. The molecule has 98 valence electrons. The highest BCUT2D eigenvalue weighted by atomic mass is 19.2. The number of rotatable bonds is 4. The van der Waals surface area contributed by atoms with Crippen LogP contribution >= 0.6 is 0 Å². The van der Waals surface area contributed by atoms with Gasteiger partial charge >= 0.3 is 5.97 Å². The third-order valence-corrected chi connectivity index (χ3v) is 2.55. The van der Waals surface area contributed by atoms with E-state index in [1.54, 1.807) is 18.2 Å². The van der Waals surface area contributed by atoms with Crippen molar-refractivity contribution in [1.29, 1.82) is 0 Å². The molecule has 0 aromatic heterocycles. The molecule has 0 amide bonds. The fourth-order valence-electron chi connectivity index (χ4n) is 1.61. The third-order valence-electron chi connectivity index (χ3n) is 2.55. The summed E-state index contributed by atoms with van der Waals surface area (Å²) in [6, 6.07) is 9.78. The van der Waals surface area contributed by atoms with Crippen molar-refractivity contribution in [2.75, 3.05) is 0 Å². The van der Waals surface area contributed by atoms with E-state index in [2.05, 4.69) is 0 Å². The molecule has 0 aliphatic heterocycles. The minimum atomic E-state index is -1.10. The smallest absolute Gasteiger partial charge is 0.336 e. The summed E-state index contributed by atoms with van der Waals surface area (Å²) in [4.78, 5) is 11.0. The topological polar surface area (TPSA) is 46.5 Å². The maximum Gasteiger partial charge on any atom is 0.336 e. The molecule has 0 heterocycles. The summed E-state index contributed by atoms with van der Waals surface area (Å²) >= 11 is 0. The van der Waals surface area contributed by atoms with Gasteiger partial charge in [-0.2, -0.15) is 4.39 Å². The lowest BCUT2D eigenvalue weighted by Gasteiger charge is -2.09. The SMILES string of the molecule is O=C(O)c1ccccc1COc1cccc(F)c1F. The summed E-state index contributed by atoms with van der Waals surface area (Å²) in [5, 5.41) is 8.97. The van der Waals surface area contributed by atoms with Gasteiger partial charge in [-0.3, -0.25) is 0 Å². The maximum absolute atomic E-state index is 13.3. The van der Waals surface area contributed by atoms with Crippen molar-refractivity contribution in [2.24, 2.45) is 0 Å². The predicted octanol–water partition coefficient (Wildman–Crippen LogP) is 3.24. The van der Waals surface area contributed by atoms with Crippen LogP contribution in [0.15, 0.2) is 42.5 Å². The summed E-state index contributed by atoms with van der Waals surface area (Å²) < 4.78 is 31.4. The molecule has 0 saturated heterocycles. The first kappa shape index (κ1) is 13.0. The van der Waals surface area contributed by atoms with Crippen molar-refractivity contribution in [3.63, 3.8) is 0 Å². The van der Waals surface area contributed by atoms with Crippen LogP contribution in [0.3, 0.4) is 0 Å². The van der Waals surface area contributed by atoms with Gasteiger partial charge < -0.3 is 9.84 Å². The molecule has 0 saturated carbocycles. The second kappa shape index (κ2) is 5.48. The number of hydrogen-bond donors (Lipinski definition) is 1. The van der Waals surface area contributed by atoms with Gasteiger partial charge in [0.15, 0.2) is 11.6 Å². The quantitative estimate of drug-likeness (QED) is 0.922. The van der Waals surface area contributed by atoms with E-state index in [0.717, 1.165) is 6.07 Å². The molecule has 2 aromatic rings. The lowest BCUT2D eigenvalue weighted by Crippen LogP contribution is -2.06. The van der Waals surface area contributed by atoms with Crippen LogP contribution in [0.5, 0.6) is 5.75 Å². The molecule has 5 heteroatoms. The number of ether oxygens (including phenoxy) is 1. The van der Waals surface area contributed by atoms with Gasteiger partial charge in [-0.25, -0.2) is 9.18 Å². The van der Waals surface area contributed by atoms with Crippen LogP contribution in [-0.2, 0) is 6.61 Å². The fraction of sp³-hybridized carbons (Fsp3) is 0.0714. The molecular formula is C14H10F2O3. The Bertz CT molecular complexity index is 611. The Hall–Kier alpha value is -2.43. The molecule has 1 N–H and O–H groups in total. The largest absolute Gasteiger partial charge is 0.486 e. The number of hydrogen-bond acceptors (Lipinski definition) is 2. The average Bonchev–Trinajstić information content (AvgIpc) is 2.40. The highest BCUT2D eigenvalue weighted by Crippen LogP contribution is 2.21. The summed E-state index contributed by atoms with van der Waals surface area (Å²) in [5.74, 6) is -3.45. The Kier molecular flexibility index (Phi) is 3.75. The first-order valence-electron chi connectivity index (χ1n) is 5.47. The minimum absolute atomic E-state index is 0.0688. The zero-order valence-electron chi connectivity index (χ0n) is 9.77. The van der Waals surface area contributed by atoms with Crippen LogP contribution in [0, 0.1) is 11.6 Å². The van der Waals surface area contributed by atoms with E-state index in [4.69, 9.17) is 9.84 Å². The third kappa shape index (κ3) is 2.88. The Labute approximate surface area is 108 Å². The monoisotopic (exact) mass is 264 g/mol. The van der Waals surface area contributed by atoms with Crippen LogP contribution < -0.4 is 4.74 Å². The van der Waals surface area contributed by atoms with Gasteiger partial charge in [-0.05, 0) is 18.2 Å². The van der Waals surface area contributed by atoms with Gasteiger partial charge in [0.05, 0.1) is 5.56 Å². The number of carboxylic acid groups (broad SMARTS) is 1. The molecule has 2 rings (SSSR count). The molecule has 19 heavy (non-hydrogen) atoms. The molecule has 0 spiro atoms. The number of carbonyl (C=O) groups is 1. The normalized spacial score (nSPS) is 10.2. The van der Waals surface area contributed by atoms with Crippen molar-refractivity contribution >= 4 is 5.97 Å². The number of benzene rings is 2. The van der Waals surface area contributed by atoms with Crippen LogP contribution in [0.1, 0.15) is 15.9 Å². The second-order valence-electron chi connectivity index (χ2n) is 3.80. The Balaban J connectivity index is 2.19. The van der Waals surface area contributed by atoms with E-state index in [1.807, 2.05) is 0 Å². The molecule has 0 bridgehead atoms. The van der Waals surface area contributed by atoms with Gasteiger partial charge in [-0.15, -0.1) is 0 Å². The molecule has 0 aliphatic rings. The molecular weight excluding hydrogens is 254 g/mol. The average molecular weight is 264 g/mol. The van der Waals surface area contributed by atoms with E-state index >= 15 is 0 Å². The van der Waals surface area contributed by atoms with Gasteiger partial charge in [0.2, 0.25) is 5.82 Å². The minimum Gasteiger partial charge on any atom is -0.486 e. The highest BCUT2D eigenvalue weighted by molar-refractivity contribution is 5.89. The summed E-state index contributed by atoms with van der Waals surface area (Å²) in [5.41, 5.74) is 0.456. The molecule has 0 aliphatic carbocycles. The maximum atomic E-state index is 13.3. The van der Waals surface area contributed by atoms with Crippen molar-refractivity contribution in [1.82, 2.24) is 0 Å². The van der Waals surface area contributed by atoms with Gasteiger partial charge in [0.25, 0.3) is 0 Å². The van der Waals surface area contributed by atoms with E-state index in [1.165, 1.54) is 18.2 Å². The van der Waals surface area contributed by atoms with Gasteiger partial charge in [-0.1, -0.05) is 24.3 Å². The van der Waals surface area contributed by atoms with Gasteiger partial charge in [0, 0.05) is 5.56 Å². The van der Waals surface area contributed by atoms with Crippen LogP contribution in [0.2, 0.25) is 0 Å². The van der Waals surface area contributed by atoms with Crippen LogP contribution in [0.4, 0.5) is 8.78 Å². The second-order valence-corrected chi connectivity index (χ2v) is 3.80. The van der Waals surface area contributed by atoms with Crippen molar-refractivity contribution in [3.05, 3.63) is 65.2 Å². The van der Waals surface area contributed by atoms with Crippen LogP contribution in [-0.4, -0.2) is 11.1 Å². The van der Waals surface area contributed by atoms with E-state index in [-0.39, 0.29) is 17.9 Å². The first-order valence-corrected chi connectivity index (χ1v) is 5.47. The molecule has 0 fully saturated rings. The molecule has 0 unspecified atom stereocenters. The molecule has 0 atom stereocenters. The predicted molar refractivity (Wildman–Crippen MR) is 64.1 cm³/mol. The number of carboxylic acids is 1. The van der Waals surface area contributed by atoms with E-state index < -0.39 is 17.6 Å². The molecule has 2 aromatic carbocycles. The number of aromatic carboxylic acids is 1. The first-order chi connectivity index (χ1) is 9.09. The molecule has 0 radical (unpaired) electrons. The Morgan fingerprint density at radius 3 is 2.58 bits per heavy atom. The lowest BCUT2D eigenvalue weighted by molar-refractivity contribution is 0.0694. The van der Waals surface area contributed by atoms with Crippen LogP contribution in [0.25, 0.3) is 0 Å². The zero-order valence-corrected chi connectivity index (χ0v) is 9.77. The van der Waals surface area contributed by atoms with E-state index in [0.29, 0.717) is 5.56 Å². The van der Waals surface area contributed by atoms with Crippen molar-refractivity contribution in [3.8, 4) is 5.75 Å². The van der Waals surface area contributed by atoms with E-state index in [9.17, 15) is 13.6 Å². The lowest BCUT2D eigenvalue weighted by atomic mass is 10.1. The highest BCUT2D eigenvalue weighted by Gasteiger charge is 2.12. The fourth-order valence-corrected chi connectivity index (χ4v) is 1.61. The van der Waals surface area contributed by atoms with Crippen molar-refractivity contribution in [2.45, 2.75) is 6.61 Å². The Morgan fingerprint density at radius 1 is 1.11 bits per heavy atom. The zero-order chi connectivity index (χ0) is 13.8. The Morgan fingerprint density at radius 2 is 1.84 bits per heavy atom. The van der Waals surface area contributed by atoms with Crippen molar-refractivity contribution < 1.29 is 23.4 Å².